The van der Waals surface area contributed by atoms with Gasteiger partial charge in [-0.15, -0.1) is 0 Å². The monoisotopic (exact) mass is 287 g/mol. The molecule has 0 bridgehead atoms. The number of carbonyl (C=O) groups is 1. The van der Waals surface area contributed by atoms with E-state index in [-0.39, 0.29) is 11.9 Å². The van der Waals surface area contributed by atoms with E-state index in [1.54, 1.807) is 0 Å². The molecule has 1 unspecified atom stereocenters. The summed E-state index contributed by atoms with van der Waals surface area (Å²) >= 11 is 0. The summed E-state index contributed by atoms with van der Waals surface area (Å²) in [6.45, 7) is 6.41. The molecule has 0 aliphatic heterocycles. The Bertz CT molecular complexity index is 476. The lowest BCUT2D eigenvalue weighted by atomic mass is 9.69. The van der Waals surface area contributed by atoms with E-state index in [4.69, 9.17) is 4.74 Å². The molecule has 0 aliphatic carbocycles. The number of carbonyl (C=O) groups excluding carboxylic acids is 1. The summed E-state index contributed by atoms with van der Waals surface area (Å²) in [5, 5.41) is 9.75. The maximum Gasteiger partial charge on any atom is 0.305 e. The van der Waals surface area contributed by atoms with Crippen LogP contribution < -0.4 is 0 Å². The van der Waals surface area contributed by atoms with Gasteiger partial charge in [-0.2, -0.15) is 5.26 Å². The average Bonchev–Trinajstić information content (AvgIpc) is 2.48. The molecule has 1 rings (SSSR count). The van der Waals surface area contributed by atoms with Crippen LogP contribution in [0.15, 0.2) is 30.3 Å². The Hall–Kier alpha value is -1.82. The Labute approximate surface area is 127 Å². The number of rotatable bonds is 8. The van der Waals surface area contributed by atoms with Gasteiger partial charge in [0.1, 0.15) is 0 Å². The van der Waals surface area contributed by atoms with E-state index in [2.05, 4.69) is 19.9 Å². The van der Waals surface area contributed by atoms with Crippen LogP contribution in [-0.4, -0.2) is 12.6 Å². The molecule has 0 heterocycles. The third-order valence-electron chi connectivity index (χ3n) is 3.98. The molecule has 0 radical (unpaired) electrons. The highest BCUT2D eigenvalue weighted by molar-refractivity contribution is 5.69. The second-order valence-electron chi connectivity index (χ2n) is 5.62. The zero-order chi connectivity index (χ0) is 15.7. The highest BCUT2D eigenvalue weighted by Gasteiger charge is 2.35. The summed E-state index contributed by atoms with van der Waals surface area (Å²) in [5.74, 6) is 0.0804. The topological polar surface area (TPSA) is 50.1 Å². The van der Waals surface area contributed by atoms with Crippen molar-refractivity contribution in [3.8, 4) is 6.07 Å². The fraction of sp³-hybridized carbons (Fsp3) is 0.556. The molecule has 0 aromatic heterocycles. The summed E-state index contributed by atoms with van der Waals surface area (Å²) in [5.41, 5.74) is 0.592. The van der Waals surface area contributed by atoms with E-state index in [9.17, 15) is 10.1 Å². The van der Waals surface area contributed by atoms with Crippen molar-refractivity contribution in [3.05, 3.63) is 35.9 Å². The van der Waals surface area contributed by atoms with Gasteiger partial charge in [0.2, 0.25) is 0 Å². The van der Waals surface area contributed by atoms with Crippen molar-refractivity contribution < 1.29 is 9.53 Å². The molecule has 1 aromatic rings. The minimum absolute atomic E-state index is 0.149. The second kappa shape index (κ2) is 8.46. The van der Waals surface area contributed by atoms with Crippen LogP contribution in [0.25, 0.3) is 0 Å². The van der Waals surface area contributed by atoms with E-state index < -0.39 is 5.41 Å². The molecular weight excluding hydrogens is 262 g/mol. The van der Waals surface area contributed by atoms with Gasteiger partial charge in [0, 0.05) is 6.42 Å². The zero-order valence-electron chi connectivity index (χ0n) is 13.3. The molecule has 0 saturated heterocycles. The maximum absolute atomic E-state index is 11.4. The molecule has 0 saturated carbocycles. The fourth-order valence-electron chi connectivity index (χ4n) is 2.66. The number of benzene rings is 1. The van der Waals surface area contributed by atoms with Crippen molar-refractivity contribution in [2.24, 2.45) is 5.92 Å². The third kappa shape index (κ3) is 4.60. The van der Waals surface area contributed by atoms with E-state index in [0.717, 1.165) is 24.8 Å². The van der Waals surface area contributed by atoms with Crippen molar-refractivity contribution in [1.29, 1.82) is 5.26 Å². The van der Waals surface area contributed by atoms with Gasteiger partial charge < -0.3 is 4.74 Å². The fourth-order valence-corrected chi connectivity index (χ4v) is 2.66. The van der Waals surface area contributed by atoms with Gasteiger partial charge in [0.05, 0.1) is 18.1 Å². The normalized spacial score (nSPS) is 13.5. The molecule has 1 atom stereocenters. The van der Waals surface area contributed by atoms with E-state index in [0.29, 0.717) is 13.0 Å². The number of hydrogen-bond donors (Lipinski definition) is 0. The van der Waals surface area contributed by atoms with Gasteiger partial charge in [-0.05, 0) is 31.2 Å². The Morgan fingerprint density at radius 1 is 1.29 bits per heavy atom. The van der Waals surface area contributed by atoms with Crippen LogP contribution in [-0.2, 0) is 14.9 Å². The first-order valence-electron chi connectivity index (χ1n) is 7.69. The molecule has 0 spiro atoms. The largest absolute Gasteiger partial charge is 0.466 e. The maximum atomic E-state index is 11.4. The van der Waals surface area contributed by atoms with Crippen LogP contribution in [0.3, 0.4) is 0 Å². The first-order chi connectivity index (χ1) is 10.1. The molecule has 0 aliphatic rings. The quantitative estimate of drug-likeness (QED) is 0.531. The van der Waals surface area contributed by atoms with E-state index >= 15 is 0 Å². The van der Waals surface area contributed by atoms with Crippen LogP contribution in [0.5, 0.6) is 0 Å². The lowest BCUT2D eigenvalue weighted by Gasteiger charge is -2.31. The number of ether oxygens (including phenoxy) is 1. The lowest BCUT2D eigenvalue weighted by Crippen LogP contribution is -2.30. The van der Waals surface area contributed by atoms with Crippen molar-refractivity contribution in [1.82, 2.24) is 0 Å². The summed E-state index contributed by atoms with van der Waals surface area (Å²) in [7, 11) is 0. The highest BCUT2D eigenvalue weighted by atomic mass is 16.5. The Kier molecular flexibility index (Phi) is 6.94. The molecule has 0 N–H and O–H groups in total. The Balaban J connectivity index is 2.69. The number of hydrogen-bond acceptors (Lipinski definition) is 3. The summed E-state index contributed by atoms with van der Waals surface area (Å²) in [6, 6.07) is 12.5. The van der Waals surface area contributed by atoms with Crippen LogP contribution in [0, 0.1) is 17.2 Å². The van der Waals surface area contributed by atoms with Gasteiger partial charge in [-0.3, -0.25) is 4.79 Å². The number of esters is 1. The minimum atomic E-state index is -0.476. The average molecular weight is 287 g/mol. The number of unbranched alkanes of at least 4 members (excludes halogenated alkanes) is 1. The molecule has 21 heavy (non-hydrogen) atoms. The molecule has 0 fully saturated rings. The smallest absolute Gasteiger partial charge is 0.305 e. The minimum Gasteiger partial charge on any atom is -0.466 e. The van der Waals surface area contributed by atoms with Crippen LogP contribution in [0.1, 0.15) is 52.0 Å². The SMILES string of the molecule is CCOC(=O)CCCCC(C#N)(c1ccccc1)C(C)C. The Morgan fingerprint density at radius 3 is 2.48 bits per heavy atom. The van der Waals surface area contributed by atoms with Crippen molar-refractivity contribution in [3.63, 3.8) is 0 Å². The number of nitriles is 1. The molecular formula is C18H25NO2. The van der Waals surface area contributed by atoms with Crippen molar-refractivity contribution >= 4 is 5.97 Å². The standard InChI is InChI=1S/C18H25NO2/c1-4-21-17(20)12-8-9-13-18(14-19,15(2)3)16-10-6-5-7-11-16/h5-7,10-11,15H,4,8-9,12-13H2,1-3H3. The van der Waals surface area contributed by atoms with Crippen LogP contribution >= 0.6 is 0 Å². The van der Waals surface area contributed by atoms with Gasteiger partial charge in [0.25, 0.3) is 0 Å². The Morgan fingerprint density at radius 2 is 1.95 bits per heavy atom. The summed E-state index contributed by atoms with van der Waals surface area (Å²) in [6.07, 6.45) is 2.81. The first kappa shape index (κ1) is 17.2. The molecule has 114 valence electrons. The predicted octanol–water partition coefficient (Wildman–Crippen LogP) is 4.23. The van der Waals surface area contributed by atoms with E-state index in [1.165, 1.54) is 0 Å². The molecule has 0 amide bonds. The van der Waals surface area contributed by atoms with Gasteiger partial charge >= 0.3 is 5.97 Å². The highest BCUT2D eigenvalue weighted by Crippen LogP contribution is 2.36. The van der Waals surface area contributed by atoms with Crippen molar-refractivity contribution in [2.75, 3.05) is 6.61 Å². The number of nitrogens with zero attached hydrogens (tertiary/aromatic N) is 1. The summed E-state index contributed by atoms with van der Waals surface area (Å²) < 4.78 is 4.93. The third-order valence-corrected chi connectivity index (χ3v) is 3.98. The molecule has 1 aromatic carbocycles. The molecule has 3 heteroatoms. The second-order valence-corrected chi connectivity index (χ2v) is 5.62. The van der Waals surface area contributed by atoms with Crippen LogP contribution in [0.2, 0.25) is 0 Å². The van der Waals surface area contributed by atoms with E-state index in [1.807, 2.05) is 37.3 Å². The summed E-state index contributed by atoms with van der Waals surface area (Å²) in [4.78, 5) is 11.4. The zero-order valence-corrected chi connectivity index (χ0v) is 13.3. The van der Waals surface area contributed by atoms with Crippen molar-refractivity contribution in [2.45, 2.75) is 51.9 Å². The molecule has 3 nitrogen and oxygen atoms in total. The lowest BCUT2D eigenvalue weighted by molar-refractivity contribution is -0.143. The predicted molar refractivity (Wildman–Crippen MR) is 83.7 cm³/mol. The van der Waals surface area contributed by atoms with Crippen LogP contribution in [0.4, 0.5) is 0 Å². The van der Waals surface area contributed by atoms with Gasteiger partial charge in [-0.25, -0.2) is 0 Å². The van der Waals surface area contributed by atoms with Gasteiger partial charge in [0.15, 0.2) is 0 Å². The first-order valence-corrected chi connectivity index (χ1v) is 7.69. The van der Waals surface area contributed by atoms with Gasteiger partial charge in [-0.1, -0.05) is 50.6 Å².